The molecule has 0 bridgehead atoms. The molecule has 2 nitrogen and oxygen atoms in total. The zero-order valence-electron chi connectivity index (χ0n) is 11.7. The standard InChI is InChI=1S/C15H20N2S2/c1-15(2,3)12-8-7-11(18-12)13(16)14-17-9-5-4-6-10(9)19-14/h7-8,13H,4-6,16H2,1-3H3. The van der Waals surface area contributed by atoms with Crippen LogP contribution in [-0.2, 0) is 18.3 Å². The number of thiophene rings is 1. The predicted octanol–water partition coefficient (Wildman–Crippen LogP) is 4.04. The largest absolute Gasteiger partial charge is 0.318 e. The minimum atomic E-state index is -0.0447. The summed E-state index contributed by atoms with van der Waals surface area (Å²) in [7, 11) is 0. The van der Waals surface area contributed by atoms with E-state index < -0.39 is 0 Å². The lowest BCUT2D eigenvalue weighted by molar-refractivity contribution is 0.604. The molecular weight excluding hydrogens is 272 g/mol. The molecule has 1 aliphatic carbocycles. The van der Waals surface area contributed by atoms with Gasteiger partial charge in [0.15, 0.2) is 0 Å². The normalized spacial score (nSPS) is 16.6. The molecule has 1 aliphatic rings. The number of nitrogens with zero attached hydrogens (tertiary/aromatic N) is 1. The molecule has 0 amide bonds. The van der Waals surface area contributed by atoms with Gasteiger partial charge in [-0.2, -0.15) is 0 Å². The van der Waals surface area contributed by atoms with Crippen LogP contribution in [0.4, 0.5) is 0 Å². The number of hydrogen-bond acceptors (Lipinski definition) is 4. The van der Waals surface area contributed by atoms with E-state index in [2.05, 4.69) is 32.9 Å². The van der Waals surface area contributed by atoms with E-state index in [1.807, 2.05) is 22.7 Å². The maximum atomic E-state index is 6.39. The molecule has 2 aromatic rings. The number of aromatic nitrogens is 1. The Kier molecular flexibility index (Phi) is 3.28. The summed E-state index contributed by atoms with van der Waals surface area (Å²) in [5.74, 6) is 0. The fourth-order valence-electron chi connectivity index (χ4n) is 2.39. The van der Waals surface area contributed by atoms with E-state index in [-0.39, 0.29) is 11.5 Å². The van der Waals surface area contributed by atoms with Crippen LogP contribution in [0.3, 0.4) is 0 Å². The first kappa shape index (κ1) is 13.3. The van der Waals surface area contributed by atoms with Crippen molar-refractivity contribution in [3.8, 4) is 0 Å². The van der Waals surface area contributed by atoms with Crippen molar-refractivity contribution >= 4 is 22.7 Å². The van der Waals surface area contributed by atoms with Crippen molar-refractivity contribution in [3.05, 3.63) is 37.5 Å². The molecule has 4 heteroatoms. The zero-order valence-corrected chi connectivity index (χ0v) is 13.3. The van der Waals surface area contributed by atoms with Crippen LogP contribution in [0.5, 0.6) is 0 Å². The number of aryl methyl sites for hydroxylation is 2. The minimum absolute atomic E-state index is 0.0447. The van der Waals surface area contributed by atoms with Crippen molar-refractivity contribution in [2.45, 2.75) is 51.5 Å². The highest BCUT2D eigenvalue weighted by Gasteiger charge is 2.23. The molecule has 2 heterocycles. The quantitative estimate of drug-likeness (QED) is 0.907. The first-order valence-electron chi connectivity index (χ1n) is 6.79. The predicted molar refractivity (Wildman–Crippen MR) is 83.2 cm³/mol. The Hall–Kier alpha value is -0.710. The van der Waals surface area contributed by atoms with Crippen molar-refractivity contribution in [2.24, 2.45) is 5.73 Å². The topological polar surface area (TPSA) is 38.9 Å². The molecule has 2 N–H and O–H groups in total. The van der Waals surface area contributed by atoms with E-state index in [1.54, 1.807) is 0 Å². The van der Waals surface area contributed by atoms with Crippen molar-refractivity contribution in [1.29, 1.82) is 0 Å². The molecule has 1 atom stereocenters. The second-order valence-electron chi connectivity index (χ2n) is 6.21. The Bertz CT molecular complexity index is 568. The van der Waals surface area contributed by atoms with Crippen LogP contribution < -0.4 is 5.73 Å². The van der Waals surface area contributed by atoms with Gasteiger partial charge in [0.25, 0.3) is 0 Å². The number of hydrogen-bond donors (Lipinski definition) is 1. The molecule has 0 aromatic carbocycles. The molecule has 0 aliphatic heterocycles. The lowest BCUT2D eigenvalue weighted by atomic mass is 9.95. The third-order valence-corrected chi connectivity index (χ3v) is 6.39. The van der Waals surface area contributed by atoms with Gasteiger partial charge < -0.3 is 5.73 Å². The smallest absolute Gasteiger partial charge is 0.115 e. The second kappa shape index (κ2) is 4.69. The van der Waals surface area contributed by atoms with Crippen LogP contribution >= 0.6 is 22.7 Å². The molecular formula is C15H20N2S2. The second-order valence-corrected chi connectivity index (χ2v) is 8.44. The summed E-state index contributed by atoms with van der Waals surface area (Å²) in [6.07, 6.45) is 3.59. The minimum Gasteiger partial charge on any atom is -0.318 e. The van der Waals surface area contributed by atoms with Gasteiger partial charge in [0, 0.05) is 14.6 Å². The highest BCUT2D eigenvalue weighted by Crippen LogP contribution is 2.36. The van der Waals surface area contributed by atoms with E-state index in [9.17, 15) is 0 Å². The van der Waals surface area contributed by atoms with Gasteiger partial charge in [0.2, 0.25) is 0 Å². The third kappa shape index (κ3) is 2.49. The number of fused-ring (bicyclic) bond motifs is 1. The summed E-state index contributed by atoms with van der Waals surface area (Å²) in [6, 6.07) is 4.33. The average Bonchev–Trinajstić information content (AvgIpc) is 3.01. The monoisotopic (exact) mass is 292 g/mol. The highest BCUT2D eigenvalue weighted by molar-refractivity contribution is 7.13. The molecule has 0 radical (unpaired) electrons. The average molecular weight is 292 g/mol. The lowest BCUT2D eigenvalue weighted by Gasteiger charge is -2.15. The van der Waals surface area contributed by atoms with Crippen molar-refractivity contribution in [3.63, 3.8) is 0 Å². The lowest BCUT2D eigenvalue weighted by Crippen LogP contribution is -2.10. The molecule has 102 valence electrons. The molecule has 0 saturated heterocycles. The zero-order chi connectivity index (χ0) is 13.6. The molecule has 0 spiro atoms. The maximum Gasteiger partial charge on any atom is 0.115 e. The summed E-state index contributed by atoms with van der Waals surface area (Å²) in [6.45, 7) is 6.73. The van der Waals surface area contributed by atoms with Crippen molar-refractivity contribution in [1.82, 2.24) is 4.98 Å². The summed E-state index contributed by atoms with van der Waals surface area (Å²) in [4.78, 5) is 8.82. The van der Waals surface area contributed by atoms with Crippen molar-refractivity contribution < 1.29 is 0 Å². The SMILES string of the molecule is CC(C)(C)c1ccc(C(N)c2nc3c(s2)CCC3)s1. The molecule has 0 fully saturated rings. The van der Waals surface area contributed by atoms with Crippen LogP contribution in [0.2, 0.25) is 0 Å². The van der Waals surface area contributed by atoms with Crippen LogP contribution in [0, 0.1) is 0 Å². The summed E-state index contributed by atoms with van der Waals surface area (Å²) in [5.41, 5.74) is 7.89. The summed E-state index contributed by atoms with van der Waals surface area (Å²) >= 11 is 3.64. The van der Waals surface area contributed by atoms with E-state index in [0.29, 0.717) is 0 Å². The Morgan fingerprint density at radius 2 is 2.00 bits per heavy atom. The van der Waals surface area contributed by atoms with Gasteiger partial charge in [-0.15, -0.1) is 22.7 Å². The highest BCUT2D eigenvalue weighted by atomic mass is 32.1. The van der Waals surface area contributed by atoms with E-state index in [1.165, 1.54) is 33.2 Å². The molecule has 2 aromatic heterocycles. The van der Waals surface area contributed by atoms with Gasteiger partial charge in [-0.1, -0.05) is 20.8 Å². The van der Waals surface area contributed by atoms with E-state index >= 15 is 0 Å². The van der Waals surface area contributed by atoms with E-state index in [0.717, 1.165) is 11.4 Å². The van der Waals surface area contributed by atoms with Crippen LogP contribution in [-0.4, -0.2) is 4.98 Å². The first-order chi connectivity index (χ1) is 8.95. The first-order valence-corrected chi connectivity index (χ1v) is 8.43. The van der Waals surface area contributed by atoms with Gasteiger partial charge in [0.1, 0.15) is 5.01 Å². The van der Waals surface area contributed by atoms with Gasteiger partial charge in [0.05, 0.1) is 11.7 Å². The Labute approximate surface area is 122 Å². The summed E-state index contributed by atoms with van der Waals surface area (Å²) < 4.78 is 0. The number of rotatable bonds is 2. The van der Waals surface area contributed by atoms with Gasteiger partial charge in [-0.3, -0.25) is 0 Å². The molecule has 0 saturated carbocycles. The Morgan fingerprint density at radius 1 is 1.21 bits per heavy atom. The third-order valence-electron chi connectivity index (χ3n) is 3.55. The van der Waals surface area contributed by atoms with E-state index in [4.69, 9.17) is 10.7 Å². The van der Waals surface area contributed by atoms with Crippen LogP contribution in [0.15, 0.2) is 12.1 Å². The Morgan fingerprint density at radius 3 is 2.63 bits per heavy atom. The molecule has 3 rings (SSSR count). The van der Waals surface area contributed by atoms with Crippen molar-refractivity contribution in [2.75, 3.05) is 0 Å². The molecule has 1 unspecified atom stereocenters. The van der Waals surface area contributed by atoms with Gasteiger partial charge in [-0.25, -0.2) is 4.98 Å². The van der Waals surface area contributed by atoms with Crippen LogP contribution in [0.1, 0.15) is 58.6 Å². The fourth-order valence-corrected chi connectivity index (χ4v) is 4.71. The van der Waals surface area contributed by atoms with Gasteiger partial charge in [-0.05, 0) is 36.8 Å². The van der Waals surface area contributed by atoms with Crippen LogP contribution in [0.25, 0.3) is 0 Å². The Balaban J connectivity index is 1.87. The number of thiazole rings is 1. The maximum absolute atomic E-state index is 6.39. The van der Waals surface area contributed by atoms with Gasteiger partial charge >= 0.3 is 0 Å². The summed E-state index contributed by atoms with van der Waals surface area (Å²) in [5, 5.41) is 1.09. The number of nitrogens with two attached hydrogens (primary N) is 1. The fraction of sp³-hybridized carbons (Fsp3) is 0.533. The molecule has 19 heavy (non-hydrogen) atoms.